The van der Waals surface area contributed by atoms with E-state index in [-0.39, 0.29) is 30.9 Å². The maximum atomic E-state index is 5.98. The predicted molar refractivity (Wildman–Crippen MR) is 82.6 cm³/mol. The van der Waals surface area contributed by atoms with Crippen LogP contribution < -0.4 is 5.73 Å². The summed E-state index contributed by atoms with van der Waals surface area (Å²) in [7, 11) is 0. The Balaban J connectivity index is 0.000000902. The molecule has 2 N–H and O–H groups in total. The van der Waals surface area contributed by atoms with E-state index in [1.807, 2.05) is 24.3 Å². The summed E-state index contributed by atoms with van der Waals surface area (Å²) in [5.74, 6) is 0. The van der Waals surface area contributed by atoms with Crippen molar-refractivity contribution in [3.63, 3.8) is 0 Å². The second-order valence-electron chi connectivity index (χ2n) is 4.98. The number of nitrogens with two attached hydrogens (primary N) is 1. The molecule has 0 radical (unpaired) electrons. The number of halogens is 3. The molecule has 3 atom stereocenters. The Morgan fingerprint density at radius 1 is 1.16 bits per heavy atom. The molecule has 2 saturated heterocycles. The first-order chi connectivity index (χ1) is 8.22. The molecule has 2 heterocycles. The van der Waals surface area contributed by atoms with Crippen LogP contribution in [0.2, 0.25) is 5.02 Å². The first-order valence-corrected chi connectivity index (χ1v) is 6.47. The third-order valence-corrected chi connectivity index (χ3v) is 3.94. The lowest BCUT2D eigenvalue weighted by atomic mass is 10.1. The third-order valence-electron chi connectivity index (χ3n) is 3.69. The molecule has 2 aliphatic heterocycles. The number of ether oxygens (including phenoxy) is 1. The molecule has 108 valence electrons. The van der Waals surface area contributed by atoms with Crippen molar-refractivity contribution in [3.05, 3.63) is 34.9 Å². The van der Waals surface area contributed by atoms with Crippen LogP contribution in [0.3, 0.4) is 0 Å². The summed E-state index contributed by atoms with van der Waals surface area (Å²) in [4.78, 5) is 2.45. The monoisotopic (exact) mass is 324 g/mol. The average molecular weight is 326 g/mol. The summed E-state index contributed by atoms with van der Waals surface area (Å²) in [5, 5.41) is 0.769. The molecule has 0 bridgehead atoms. The van der Waals surface area contributed by atoms with Crippen molar-refractivity contribution in [3.8, 4) is 0 Å². The van der Waals surface area contributed by atoms with E-state index in [4.69, 9.17) is 22.1 Å². The van der Waals surface area contributed by atoms with E-state index in [0.29, 0.717) is 12.1 Å². The first kappa shape index (κ1) is 17.0. The van der Waals surface area contributed by atoms with Gasteiger partial charge in [0.15, 0.2) is 0 Å². The fourth-order valence-corrected chi connectivity index (χ4v) is 2.92. The molecular formula is C13H19Cl3N2O. The lowest BCUT2D eigenvalue weighted by molar-refractivity contribution is -0.0501. The van der Waals surface area contributed by atoms with Crippen LogP contribution in [0, 0.1) is 0 Å². The van der Waals surface area contributed by atoms with Crippen molar-refractivity contribution < 1.29 is 4.74 Å². The second kappa shape index (κ2) is 7.11. The molecule has 1 aromatic rings. The zero-order valence-electron chi connectivity index (χ0n) is 10.5. The molecule has 0 saturated carbocycles. The molecule has 0 amide bonds. The number of morpholine rings is 1. The minimum absolute atomic E-state index is 0. The van der Waals surface area contributed by atoms with E-state index in [1.54, 1.807) is 0 Å². The van der Waals surface area contributed by atoms with Gasteiger partial charge in [-0.1, -0.05) is 23.7 Å². The van der Waals surface area contributed by atoms with Gasteiger partial charge in [0, 0.05) is 30.2 Å². The van der Waals surface area contributed by atoms with Gasteiger partial charge in [0.2, 0.25) is 0 Å². The predicted octanol–water partition coefficient (Wildman–Crippen LogP) is 2.66. The van der Waals surface area contributed by atoms with Gasteiger partial charge in [-0.25, -0.2) is 0 Å². The summed E-state index contributed by atoms with van der Waals surface area (Å²) >= 11 is 5.89. The topological polar surface area (TPSA) is 38.5 Å². The summed E-state index contributed by atoms with van der Waals surface area (Å²) in [6.07, 6.45) is 1.22. The van der Waals surface area contributed by atoms with Crippen LogP contribution in [0.1, 0.15) is 18.1 Å². The van der Waals surface area contributed by atoms with Gasteiger partial charge in [0.25, 0.3) is 0 Å². The van der Waals surface area contributed by atoms with Gasteiger partial charge in [0.1, 0.15) is 0 Å². The van der Waals surface area contributed by atoms with Crippen LogP contribution in [-0.4, -0.2) is 36.7 Å². The zero-order valence-corrected chi connectivity index (χ0v) is 12.9. The van der Waals surface area contributed by atoms with Crippen molar-refractivity contribution in [2.75, 3.05) is 19.7 Å². The molecule has 6 heteroatoms. The van der Waals surface area contributed by atoms with Crippen molar-refractivity contribution in [1.29, 1.82) is 0 Å². The van der Waals surface area contributed by atoms with Gasteiger partial charge in [0.05, 0.1) is 12.7 Å². The van der Waals surface area contributed by atoms with Crippen LogP contribution >= 0.6 is 36.4 Å². The highest BCUT2D eigenvalue weighted by Gasteiger charge is 2.36. The summed E-state index contributed by atoms with van der Waals surface area (Å²) in [5.41, 5.74) is 7.19. The molecule has 0 unspecified atom stereocenters. The molecule has 0 spiro atoms. The molecular weight excluding hydrogens is 307 g/mol. The maximum Gasteiger partial charge on any atom is 0.0952 e. The fourth-order valence-electron chi connectivity index (χ4n) is 2.79. The van der Waals surface area contributed by atoms with Gasteiger partial charge < -0.3 is 10.5 Å². The summed E-state index contributed by atoms with van der Waals surface area (Å²) < 4.78 is 5.93. The molecule has 0 aliphatic carbocycles. The SMILES string of the molecule is Cl.Cl.N[C@H]1C[C@H]2CO[C@@H](c3ccc(Cl)cc3)CN2C1. The third kappa shape index (κ3) is 3.75. The molecule has 1 aromatic carbocycles. The van der Waals surface area contributed by atoms with Crippen LogP contribution in [0.5, 0.6) is 0 Å². The normalized spacial score (nSPS) is 30.1. The largest absolute Gasteiger partial charge is 0.371 e. The summed E-state index contributed by atoms with van der Waals surface area (Å²) in [6, 6.07) is 8.76. The minimum atomic E-state index is 0. The average Bonchev–Trinajstić information content (AvgIpc) is 2.69. The van der Waals surface area contributed by atoms with Gasteiger partial charge in [-0.15, -0.1) is 24.8 Å². The molecule has 19 heavy (non-hydrogen) atoms. The Hall–Kier alpha value is -0.0300. The number of nitrogens with zero attached hydrogens (tertiary/aromatic N) is 1. The Bertz CT molecular complexity index is 401. The van der Waals surface area contributed by atoms with Gasteiger partial charge in [-0.05, 0) is 24.1 Å². The molecule has 2 aliphatic rings. The van der Waals surface area contributed by atoms with E-state index in [2.05, 4.69) is 4.90 Å². The van der Waals surface area contributed by atoms with Crippen LogP contribution in [0.4, 0.5) is 0 Å². The smallest absolute Gasteiger partial charge is 0.0952 e. The van der Waals surface area contributed by atoms with E-state index in [9.17, 15) is 0 Å². The molecule has 3 nitrogen and oxygen atoms in total. The number of benzene rings is 1. The Labute approximate surface area is 131 Å². The van der Waals surface area contributed by atoms with Gasteiger partial charge in [-0.3, -0.25) is 4.90 Å². The Kier molecular flexibility index (Phi) is 6.37. The van der Waals surface area contributed by atoms with E-state index >= 15 is 0 Å². The van der Waals surface area contributed by atoms with E-state index in [0.717, 1.165) is 31.1 Å². The highest BCUT2D eigenvalue weighted by Crippen LogP contribution is 2.30. The van der Waals surface area contributed by atoms with E-state index < -0.39 is 0 Å². The maximum absolute atomic E-state index is 5.98. The molecule has 2 fully saturated rings. The van der Waals surface area contributed by atoms with Gasteiger partial charge >= 0.3 is 0 Å². The first-order valence-electron chi connectivity index (χ1n) is 6.09. The fraction of sp³-hybridized carbons (Fsp3) is 0.538. The van der Waals surface area contributed by atoms with Crippen molar-refractivity contribution in [1.82, 2.24) is 4.90 Å². The quantitative estimate of drug-likeness (QED) is 0.863. The Morgan fingerprint density at radius 2 is 1.84 bits per heavy atom. The van der Waals surface area contributed by atoms with Crippen molar-refractivity contribution >= 4 is 36.4 Å². The zero-order chi connectivity index (χ0) is 11.8. The minimum Gasteiger partial charge on any atom is -0.371 e. The lowest BCUT2D eigenvalue weighted by Crippen LogP contribution is -2.42. The van der Waals surface area contributed by atoms with Crippen molar-refractivity contribution in [2.45, 2.75) is 24.6 Å². The number of fused-ring (bicyclic) bond motifs is 1. The van der Waals surface area contributed by atoms with E-state index in [1.165, 1.54) is 5.56 Å². The lowest BCUT2D eigenvalue weighted by Gasteiger charge is -2.35. The van der Waals surface area contributed by atoms with Crippen molar-refractivity contribution in [2.24, 2.45) is 5.73 Å². The number of hydrogen-bond acceptors (Lipinski definition) is 3. The Morgan fingerprint density at radius 3 is 2.53 bits per heavy atom. The molecule has 3 rings (SSSR count). The standard InChI is InChI=1S/C13H17ClN2O.2ClH/c14-10-3-1-9(2-4-10)13-7-16-6-11(15)5-12(16)8-17-13;;/h1-4,11-13H,5-8,15H2;2*1H/t11-,12-,13+;;/m0../s1. The van der Waals surface area contributed by atoms with Gasteiger partial charge in [-0.2, -0.15) is 0 Å². The highest BCUT2D eigenvalue weighted by atomic mass is 35.5. The number of rotatable bonds is 1. The van der Waals surface area contributed by atoms with Crippen LogP contribution in [-0.2, 0) is 4.74 Å². The van der Waals surface area contributed by atoms with Crippen LogP contribution in [0.15, 0.2) is 24.3 Å². The highest BCUT2D eigenvalue weighted by molar-refractivity contribution is 6.30. The number of hydrogen-bond donors (Lipinski definition) is 1. The van der Waals surface area contributed by atoms with Crippen LogP contribution in [0.25, 0.3) is 0 Å². The molecule has 0 aromatic heterocycles. The second-order valence-corrected chi connectivity index (χ2v) is 5.41. The summed E-state index contributed by atoms with van der Waals surface area (Å²) in [6.45, 7) is 2.74.